The standard InChI is InChI=1S/C46H50N8O4/c47-31-45(32-51-24-26-53(27-25-51)35-12-10-33(11-13-35)37-14-15-41(56)49-42(37)57)30-44(45)16-20-54(21-17-44)43(58)46(34-6-2-1-3-7-34)18-22-52(23-19-46)36-28-39(50-48-29-36)38-8-4-5-9-40(38)55/h1-13,28-29,37,55H,14-27,30,32H2,(H,49,56,57)/t37-,45?/m0/s1. The zero-order valence-corrected chi connectivity index (χ0v) is 32.9. The Bertz CT molecular complexity index is 2220. The molecule has 298 valence electrons. The van der Waals surface area contributed by atoms with Gasteiger partial charge in [-0.3, -0.25) is 24.6 Å². The number of para-hydroxylation sites is 1. The molecule has 5 aliphatic rings. The molecule has 58 heavy (non-hydrogen) atoms. The number of piperidine rings is 3. The number of benzene rings is 3. The summed E-state index contributed by atoms with van der Waals surface area (Å²) in [5, 5.41) is 32.1. The number of imide groups is 1. The maximum atomic E-state index is 14.8. The fourth-order valence-electron chi connectivity index (χ4n) is 10.4. The number of amides is 3. The molecule has 2 atom stereocenters. The Labute approximate surface area is 339 Å². The number of phenols is 1. The molecule has 4 aliphatic heterocycles. The van der Waals surface area contributed by atoms with E-state index in [-0.39, 0.29) is 40.2 Å². The van der Waals surface area contributed by atoms with Crippen molar-refractivity contribution >= 4 is 29.1 Å². The number of nitrogens with one attached hydrogen (secondary N) is 1. The summed E-state index contributed by atoms with van der Waals surface area (Å²) in [5.74, 6) is -0.340. The number of likely N-dealkylation sites (tertiary alicyclic amines) is 1. The molecule has 0 radical (unpaired) electrons. The van der Waals surface area contributed by atoms with Crippen molar-refractivity contribution in [3.63, 3.8) is 0 Å². The first kappa shape index (κ1) is 37.8. The minimum atomic E-state index is -0.635. The number of phenolic OH excluding ortho intramolecular Hbond substituents is 1. The number of nitrogens with zero attached hydrogens (tertiary/aromatic N) is 7. The number of piperazine rings is 1. The highest BCUT2D eigenvalue weighted by Crippen LogP contribution is 2.69. The molecule has 1 aromatic heterocycles. The van der Waals surface area contributed by atoms with Gasteiger partial charge in [-0.15, -0.1) is 0 Å². The lowest BCUT2D eigenvalue weighted by molar-refractivity contribution is -0.140. The molecular weight excluding hydrogens is 729 g/mol. The van der Waals surface area contributed by atoms with Crippen LogP contribution in [0.1, 0.15) is 62.0 Å². The van der Waals surface area contributed by atoms with Crippen LogP contribution in [0.15, 0.2) is 91.1 Å². The van der Waals surface area contributed by atoms with E-state index in [1.807, 2.05) is 48.5 Å². The van der Waals surface area contributed by atoms with Crippen LogP contribution in [0.4, 0.5) is 11.4 Å². The summed E-state index contributed by atoms with van der Waals surface area (Å²) in [6.07, 6.45) is 6.60. The summed E-state index contributed by atoms with van der Waals surface area (Å²) in [4.78, 5) is 47.9. The molecule has 1 aliphatic carbocycles. The molecule has 1 spiro atoms. The zero-order valence-electron chi connectivity index (χ0n) is 32.9. The summed E-state index contributed by atoms with van der Waals surface area (Å²) in [6.45, 7) is 6.95. The molecule has 9 rings (SSSR count). The van der Waals surface area contributed by atoms with Crippen molar-refractivity contribution in [3.05, 3.63) is 102 Å². The second-order valence-corrected chi connectivity index (χ2v) is 17.1. The van der Waals surface area contributed by atoms with Gasteiger partial charge in [-0.2, -0.15) is 15.5 Å². The van der Waals surface area contributed by atoms with Gasteiger partial charge in [-0.25, -0.2) is 0 Å². The lowest BCUT2D eigenvalue weighted by Gasteiger charge is -2.46. The molecule has 3 amide bonds. The van der Waals surface area contributed by atoms with Crippen molar-refractivity contribution in [1.82, 2.24) is 25.3 Å². The summed E-state index contributed by atoms with van der Waals surface area (Å²) in [6, 6.07) is 30.3. The van der Waals surface area contributed by atoms with Gasteiger partial charge in [0.25, 0.3) is 0 Å². The van der Waals surface area contributed by atoms with Gasteiger partial charge in [0, 0.05) is 76.6 Å². The Morgan fingerprint density at radius 3 is 2.21 bits per heavy atom. The highest BCUT2D eigenvalue weighted by Gasteiger charge is 2.68. The molecule has 4 saturated heterocycles. The zero-order chi connectivity index (χ0) is 39.9. The minimum Gasteiger partial charge on any atom is -0.507 e. The first-order chi connectivity index (χ1) is 28.2. The lowest BCUT2D eigenvalue weighted by atomic mass is 9.71. The third kappa shape index (κ3) is 6.85. The molecule has 4 aromatic rings. The largest absolute Gasteiger partial charge is 0.507 e. The van der Waals surface area contributed by atoms with E-state index in [2.05, 4.69) is 65.4 Å². The first-order valence-corrected chi connectivity index (χ1v) is 20.7. The summed E-state index contributed by atoms with van der Waals surface area (Å²) in [7, 11) is 0. The topological polar surface area (TPSA) is 146 Å². The normalized spacial score (nSPS) is 24.3. The second kappa shape index (κ2) is 15.2. The number of carbonyl (C=O) groups excluding carboxylic acids is 3. The quantitative estimate of drug-likeness (QED) is 0.228. The third-order valence-corrected chi connectivity index (χ3v) is 14.1. The number of aromatic hydroxyl groups is 1. The van der Waals surface area contributed by atoms with Crippen molar-refractivity contribution in [2.45, 2.75) is 56.3 Å². The van der Waals surface area contributed by atoms with Gasteiger partial charge in [0.05, 0.1) is 40.4 Å². The number of hydrogen-bond donors (Lipinski definition) is 2. The Morgan fingerprint density at radius 1 is 0.828 bits per heavy atom. The van der Waals surface area contributed by atoms with Crippen molar-refractivity contribution in [3.8, 4) is 23.1 Å². The van der Waals surface area contributed by atoms with Gasteiger partial charge in [-0.1, -0.05) is 54.6 Å². The maximum Gasteiger partial charge on any atom is 0.234 e. The number of hydrogen-bond acceptors (Lipinski definition) is 10. The lowest BCUT2D eigenvalue weighted by Crippen LogP contribution is -2.55. The SMILES string of the molecule is N#CC1(CN2CCN(c3ccc([C@@H]4CCC(=O)NC4=O)cc3)CC2)CC12CCN(C(=O)C1(c3ccccc3)CCN(c3cnnc(-c4ccccc4O)c3)CC1)CC2. The Morgan fingerprint density at radius 2 is 1.52 bits per heavy atom. The smallest absolute Gasteiger partial charge is 0.234 e. The average molecular weight is 779 g/mol. The van der Waals surface area contributed by atoms with Crippen LogP contribution in [0, 0.1) is 22.2 Å². The monoisotopic (exact) mass is 778 g/mol. The molecule has 5 fully saturated rings. The molecule has 1 saturated carbocycles. The maximum absolute atomic E-state index is 14.8. The Hall–Kier alpha value is -5.80. The van der Waals surface area contributed by atoms with Gasteiger partial charge in [-0.05, 0) is 85.4 Å². The number of aromatic nitrogens is 2. The van der Waals surface area contributed by atoms with E-state index in [0.717, 1.165) is 74.5 Å². The highest BCUT2D eigenvalue weighted by molar-refractivity contribution is 6.01. The number of nitriles is 1. The number of carbonyl (C=O) groups is 3. The van der Waals surface area contributed by atoms with Crippen LogP contribution in [0.3, 0.4) is 0 Å². The molecule has 3 aromatic carbocycles. The molecule has 12 heteroatoms. The van der Waals surface area contributed by atoms with E-state index in [1.165, 1.54) is 0 Å². The first-order valence-electron chi connectivity index (χ1n) is 20.7. The minimum absolute atomic E-state index is 0.0516. The van der Waals surface area contributed by atoms with E-state index < -0.39 is 5.41 Å². The summed E-state index contributed by atoms with van der Waals surface area (Å²) < 4.78 is 0. The highest BCUT2D eigenvalue weighted by atomic mass is 16.3. The van der Waals surface area contributed by atoms with E-state index in [4.69, 9.17) is 0 Å². The van der Waals surface area contributed by atoms with Crippen LogP contribution in [0.5, 0.6) is 5.75 Å². The van der Waals surface area contributed by atoms with Crippen LogP contribution in [-0.4, -0.2) is 102 Å². The van der Waals surface area contributed by atoms with Gasteiger partial charge in [0.2, 0.25) is 17.7 Å². The van der Waals surface area contributed by atoms with Crippen LogP contribution in [-0.2, 0) is 19.8 Å². The van der Waals surface area contributed by atoms with Crippen molar-refractivity contribution in [1.29, 1.82) is 5.26 Å². The van der Waals surface area contributed by atoms with E-state index in [1.54, 1.807) is 18.3 Å². The van der Waals surface area contributed by atoms with Gasteiger partial charge < -0.3 is 19.8 Å². The van der Waals surface area contributed by atoms with E-state index in [0.29, 0.717) is 63.1 Å². The van der Waals surface area contributed by atoms with Gasteiger partial charge in [0.15, 0.2) is 0 Å². The van der Waals surface area contributed by atoms with Crippen LogP contribution >= 0.6 is 0 Å². The predicted octanol–water partition coefficient (Wildman–Crippen LogP) is 5.25. The molecule has 2 N–H and O–H groups in total. The van der Waals surface area contributed by atoms with Gasteiger partial charge in [0.1, 0.15) is 5.75 Å². The summed E-state index contributed by atoms with van der Waals surface area (Å²) >= 11 is 0. The van der Waals surface area contributed by atoms with Crippen LogP contribution < -0.4 is 15.1 Å². The van der Waals surface area contributed by atoms with Crippen molar-refractivity contribution in [2.24, 2.45) is 10.8 Å². The van der Waals surface area contributed by atoms with Crippen molar-refractivity contribution in [2.75, 3.05) is 68.7 Å². The van der Waals surface area contributed by atoms with Crippen LogP contribution in [0.2, 0.25) is 0 Å². The van der Waals surface area contributed by atoms with Crippen LogP contribution in [0.25, 0.3) is 11.3 Å². The fourth-order valence-corrected chi connectivity index (χ4v) is 10.4. The molecule has 12 nitrogen and oxygen atoms in total. The van der Waals surface area contributed by atoms with E-state index >= 15 is 0 Å². The average Bonchev–Trinajstić information content (AvgIpc) is 3.88. The molecule has 0 bridgehead atoms. The predicted molar refractivity (Wildman–Crippen MR) is 220 cm³/mol. The Balaban J connectivity index is 0.813. The number of rotatable bonds is 8. The van der Waals surface area contributed by atoms with Gasteiger partial charge >= 0.3 is 0 Å². The van der Waals surface area contributed by atoms with E-state index in [9.17, 15) is 24.8 Å². The third-order valence-electron chi connectivity index (χ3n) is 14.1. The fraction of sp³-hybridized carbons (Fsp3) is 0.435. The number of anilines is 2. The molecular formula is C46H50N8O4. The second-order valence-electron chi connectivity index (χ2n) is 17.1. The Kier molecular flexibility index (Phi) is 9.88. The molecule has 5 heterocycles. The van der Waals surface area contributed by atoms with Crippen molar-refractivity contribution < 1.29 is 19.5 Å². The summed E-state index contributed by atoms with van der Waals surface area (Å²) in [5.41, 5.74) is 4.22. The molecule has 1 unspecified atom stereocenters.